The number of fused-ring (bicyclic) bond motifs is 1. The number of carbonyl (C=O) groups is 2. The summed E-state index contributed by atoms with van der Waals surface area (Å²) in [6.07, 6.45) is 1.52. The molecule has 33 heavy (non-hydrogen) atoms. The number of hydrogen-bond donors (Lipinski definition) is 1. The fourth-order valence-corrected chi connectivity index (χ4v) is 4.75. The number of carbonyl (C=O) groups excluding carboxylic acids is 2. The summed E-state index contributed by atoms with van der Waals surface area (Å²) in [5.74, 6) is 0.626. The van der Waals surface area contributed by atoms with Gasteiger partial charge in [-0.3, -0.25) is 9.59 Å². The molecule has 1 aliphatic rings. The van der Waals surface area contributed by atoms with Crippen LogP contribution in [-0.4, -0.2) is 23.3 Å². The van der Waals surface area contributed by atoms with Crippen LogP contribution in [0.15, 0.2) is 82.4 Å². The average molecular weight is 458 g/mol. The minimum atomic E-state index is -0.123. The Morgan fingerprint density at radius 1 is 1.03 bits per heavy atom. The first-order valence-electron chi connectivity index (χ1n) is 10.9. The second kappa shape index (κ2) is 9.50. The maximum atomic E-state index is 12.9. The van der Waals surface area contributed by atoms with Crippen LogP contribution in [0.5, 0.6) is 0 Å². The predicted molar refractivity (Wildman–Crippen MR) is 129 cm³/mol. The fourth-order valence-electron chi connectivity index (χ4n) is 3.91. The lowest BCUT2D eigenvalue weighted by Crippen LogP contribution is -2.25. The van der Waals surface area contributed by atoms with Gasteiger partial charge < -0.3 is 14.6 Å². The first kappa shape index (κ1) is 21.3. The van der Waals surface area contributed by atoms with E-state index >= 15 is 0 Å². The lowest BCUT2D eigenvalue weighted by Gasteiger charge is -2.16. The van der Waals surface area contributed by atoms with Crippen LogP contribution in [0.4, 0.5) is 5.69 Å². The van der Waals surface area contributed by atoms with Gasteiger partial charge in [0.05, 0.1) is 0 Å². The van der Waals surface area contributed by atoms with Crippen molar-refractivity contribution < 1.29 is 14.0 Å². The van der Waals surface area contributed by atoms with Crippen LogP contribution in [0.1, 0.15) is 34.3 Å². The number of amides is 2. The zero-order valence-corrected chi connectivity index (χ0v) is 18.8. The first-order valence-corrected chi connectivity index (χ1v) is 11.9. The molecule has 1 aliphatic heterocycles. The summed E-state index contributed by atoms with van der Waals surface area (Å²) in [5, 5.41) is 3.59. The molecule has 0 unspecified atom stereocenters. The number of rotatable bonds is 7. The number of para-hydroxylation sites is 2. The van der Waals surface area contributed by atoms with Crippen molar-refractivity contribution in [2.75, 3.05) is 11.4 Å². The molecule has 0 aliphatic carbocycles. The molecule has 0 atom stereocenters. The Hall–Kier alpha value is -3.58. The first-order chi connectivity index (χ1) is 16.2. The normalized spacial score (nSPS) is 13.6. The minimum Gasteiger partial charge on any atom is -0.431 e. The van der Waals surface area contributed by atoms with E-state index in [1.807, 2.05) is 77.7 Å². The van der Waals surface area contributed by atoms with Crippen LogP contribution in [0.25, 0.3) is 11.1 Å². The van der Waals surface area contributed by atoms with Crippen molar-refractivity contribution in [1.29, 1.82) is 0 Å². The Balaban J connectivity index is 1.21. The third-order valence-electron chi connectivity index (χ3n) is 5.66. The van der Waals surface area contributed by atoms with E-state index < -0.39 is 0 Å². The molecule has 1 aromatic heterocycles. The van der Waals surface area contributed by atoms with Crippen molar-refractivity contribution >= 4 is 40.4 Å². The number of nitrogens with one attached hydrogen (secondary N) is 1. The van der Waals surface area contributed by atoms with Crippen molar-refractivity contribution in [2.45, 2.75) is 30.4 Å². The van der Waals surface area contributed by atoms with Gasteiger partial charge in [-0.05, 0) is 47.9 Å². The van der Waals surface area contributed by atoms with Gasteiger partial charge in [-0.2, -0.15) is 0 Å². The van der Waals surface area contributed by atoms with Gasteiger partial charge in [-0.25, -0.2) is 4.98 Å². The molecule has 6 nitrogen and oxygen atoms in total. The van der Waals surface area contributed by atoms with E-state index in [9.17, 15) is 9.59 Å². The number of hydrogen-bond acceptors (Lipinski definition) is 5. The van der Waals surface area contributed by atoms with Crippen molar-refractivity contribution in [3.8, 4) is 0 Å². The Bertz CT molecular complexity index is 1270. The van der Waals surface area contributed by atoms with E-state index in [-0.39, 0.29) is 11.8 Å². The van der Waals surface area contributed by atoms with Crippen LogP contribution in [-0.2, 0) is 17.1 Å². The molecule has 0 spiro atoms. The molecule has 5 rings (SSSR count). The van der Waals surface area contributed by atoms with Gasteiger partial charge in [0, 0.05) is 36.5 Å². The molecule has 1 saturated heterocycles. The predicted octanol–water partition coefficient (Wildman–Crippen LogP) is 5.18. The molecule has 0 saturated carbocycles. The van der Waals surface area contributed by atoms with Gasteiger partial charge in [0.2, 0.25) is 5.91 Å². The van der Waals surface area contributed by atoms with E-state index in [1.54, 1.807) is 0 Å². The number of anilines is 1. The topological polar surface area (TPSA) is 75.4 Å². The maximum Gasteiger partial charge on any atom is 0.257 e. The smallest absolute Gasteiger partial charge is 0.257 e. The van der Waals surface area contributed by atoms with Crippen LogP contribution in [0.2, 0.25) is 0 Å². The third-order valence-corrected chi connectivity index (χ3v) is 6.54. The van der Waals surface area contributed by atoms with E-state index in [4.69, 9.17) is 4.42 Å². The van der Waals surface area contributed by atoms with Crippen molar-refractivity contribution in [2.24, 2.45) is 0 Å². The largest absolute Gasteiger partial charge is 0.431 e. The molecular weight excluding hydrogens is 434 g/mol. The summed E-state index contributed by atoms with van der Waals surface area (Å²) in [4.78, 5) is 31.1. The zero-order valence-electron chi connectivity index (χ0n) is 18.0. The van der Waals surface area contributed by atoms with E-state index in [0.29, 0.717) is 29.5 Å². The summed E-state index contributed by atoms with van der Waals surface area (Å²) >= 11 is 1.47. The van der Waals surface area contributed by atoms with Gasteiger partial charge in [0.15, 0.2) is 5.58 Å². The summed E-state index contributed by atoms with van der Waals surface area (Å²) in [7, 11) is 0. The standard InChI is InChI=1S/C26H23N3O3S/c30-24-10-5-15-29(24)20-13-11-18(12-14-20)16-27-25(31)21-7-2-1-6-19(21)17-33-26-28-22-8-3-4-9-23(22)32-26/h1-4,6-9,11-14H,5,10,15-17H2,(H,27,31). The molecule has 0 radical (unpaired) electrons. The molecular formula is C26H23N3O3S. The zero-order chi connectivity index (χ0) is 22.6. The van der Waals surface area contributed by atoms with Gasteiger partial charge in [-0.15, -0.1) is 0 Å². The number of oxazole rings is 1. The average Bonchev–Trinajstić information content (AvgIpc) is 3.47. The Morgan fingerprint density at radius 3 is 2.61 bits per heavy atom. The summed E-state index contributed by atoms with van der Waals surface area (Å²) in [6, 6.07) is 23.0. The minimum absolute atomic E-state index is 0.123. The number of benzene rings is 3. The second-order valence-corrected chi connectivity index (χ2v) is 8.82. The van der Waals surface area contributed by atoms with E-state index in [2.05, 4.69) is 10.3 Å². The van der Waals surface area contributed by atoms with Crippen LogP contribution >= 0.6 is 11.8 Å². The fraction of sp³-hybridized carbons (Fsp3) is 0.192. The number of aromatic nitrogens is 1. The lowest BCUT2D eigenvalue weighted by molar-refractivity contribution is -0.117. The maximum absolute atomic E-state index is 12.9. The van der Waals surface area contributed by atoms with Gasteiger partial charge in [0.1, 0.15) is 5.52 Å². The monoisotopic (exact) mass is 457 g/mol. The van der Waals surface area contributed by atoms with Crippen LogP contribution < -0.4 is 10.2 Å². The second-order valence-electron chi connectivity index (χ2n) is 7.89. The van der Waals surface area contributed by atoms with Crippen molar-refractivity contribution in [3.05, 3.63) is 89.5 Å². The van der Waals surface area contributed by atoms with E-state index in [1.165, 1.54) is 11.8 Å². The molecule has 2 heterocycles. The molecule has 4 aromatic rings. The number of nitrogens with zero attached hydrogens (tertiary/aromatic N) is 2. The summed E-state index contributed by atoms with van der Waals surface area (Å²) < 4.78 is 5.78. The third kappa shape index (κ3) is 4.78. The molecule has 0 bridgehead atoms. The molecule has 166 valence electrons. The highest BCUT2D eigenvalue weighted by atomic mass is 32.2. The highest BCUT2D eigenvalue weighted by Crippen LogP contribution is 2.27. The number of thioether (sulfide) groups is 1. The molecule has 1 N–H and O–H groups in total. The molecule has 3 aromatic carbocycles. The Kier molecular flexibility index (Phi) is 6.13. The highest BCUT2D eigenvalue weighted by Gasteiger charge is 2.21. The van der Waals surface area contributed by atoms with Crippen molar-refractivity contribution in [1.82, 2.24) is 10.3 Å². The molecule has 1 fully saturated rings. The summed E-state index contributed by atoms with van der Waals surface area (Å²) in [6.45, 7) is 1.19. The van der Waals surface area contributed by atoms with Gasteiger partial charge in [0.25, 0.3) is 11.1 Å². The quantitative estimate of drug-likeness (QED) is 0.387. The Labute approximate surface area is 196 Å². The SMILES string of the molecule is O=C(NCc1ccc(N2CCCC2=O)cc1)c1ccccc1CSc1nc2ccccc2o1. The lowest BCUT2D eigenvalue weighted by atomic mass is 10.1. The van der Waals surface area contributed by atoms with Crippen LogP contribution in [0, 0.1) is 0 Å². The summed E-state index contributed by atoms with van der Waals surface area (Å²) in [5.41, 5.74) is 5.04. The molecule has 7 heteroatoms. The highest BCUT2D eigenvalue weighted by molar-refractivity contribution is 7.98. The van der Waals surface area contributed by atoms with E-state index in [0.717, 1.165) is 40.9 Å². The molecule has 2 amide bonds. The van der Waals surface area contributed by atoms with Gasteiger partial charge in [-0.1, -0.05) is 54.2 Å². The Morgan fingerprint density at radius 2 is 1.82 bits per heavy atom. The van der Waals surface area contributed by atoms with Crippen molar-refractivity contribution in [3.63, 3.8) is 0 Å². The van der Waals surface area contributed by atoms with Gasteiger partial charge >= 0.3 is 0 Å². The van der Waals surface area contributed by atoms with Crippen LogP contribution in [0.3, 0.4) is 0 Å².